The van der Waals surface area contributed by atoms with Crippen LogP contribution in [-0.4, -0.2) is 44.7 Å². The number of hydrogen-bond donors (Lipinski definition) is 3. The van der Waals surface area contributed by atoms with Gasteiger partial charge in [-0.25, -0.2) is 14.3 Å². The van der Waals surface area contributed by atoms with Crippen molar-refractivity contribution >= 4 is 12.0 Å². The van der Waals surface area contributed by atoms with Crippen LogP contribution in [-0.2, 0) is 6.54 Å². The second-order valence-corrected chi connectivity index (χ2v) is 5.15. The summed E-state index contributed by atoms with van der Waals surface area (Å²) >= 11 is 0. The molecule has 1 aromatic heterocycles. The Morgan fingerprint density at radius 1 is 1.55 bits per heavy atom. The first-order valence-electron chi connectivity index (χ1n) is 6.72. The molecule has 1 aliphatic rings. The van der Waals surface area contributed by atoms with Crippen molar-refractivity contribution < 1.29 is 14.7 Å². The highest BCUT2D eigenvalue weighted by atomic mass is 16.4. The van der Waals surface area contributed by atoms with E-state index in [-0.39, 0.29) is 17.8 Å². The number of carboxylic acids is 1. The van der Waals surface area contributed by atoms with Gasteiger partial charge in [0.1, 0.15) is 0 Å². The van der Waals surface area contributed by atoms with Gasteiger partial charge in [-0.2, -0.15) is 0 Å². The minimum absolute atomic E-state index is 0.104. The van der Waals surface area contributed by atoms with E-state index in [1.165, 1.54) is 23.7 Å². The SMILES string of the molecule is CC(CC1CC1)NC(=O)NCCn1cc(C(=O)O)nn1. The predicted molar refractivity (Wildman–Crippen MR) is 70.3 cm³/mol. The van der Waals surface area contributed by atoms with Gasteiger partial charge in [-0.3, -0.25) is 0 Å². The van der Waals surface area contributed by atoms with E-state index in [2.05, 4.69) is 20.9 Å². The van der Waals surface area contributed by atoms with Crippen molar-refractivity contribution in [2.24, 2.45) is 5.92 Å². The summed E-state index contributed by atoms with van der Waals surface area (Å²) < 4.78 is 1.39. The zero-order chi connectivity index (χ0) is 14.5. The number of amides is 2. The molecule has 0 radical (unpaired) electrons. The van der Waals surface area contributed by atoms with Crippen LogP contribution in [0.3, 0.4) is 0 Å². The Morgan fingerprint density at radius 2 is 2.30 bits per heavy atom. The summed E-state index contributed by atoms with van der Waals surface area (Å²) in [4.78, 5) is 22.2. The summed E-state index contributed by atoms with van der Waals surface area (Å²) in [6.45, 7) is 2.74. The standard InChI is InChI=1S/C12H19N5O3/c1-8(6-9-2-3-9)14-12(20)13-4-5-17-7-10(11(18)19)15-16-17/h7-9H,2-6H2,1H3,(H,18,19)(H2,13,14,20). The van der Waals surface area contributed by atoms with Gasteiger partial charge in [0.15, 0.2) is 5.69 Å². The van der Waals surface area contributed by atoms with Crippen molar-refractivity contribution in [1.82, 2.24) is 25.6 Å². The first kappa shape index (κ1) is 14.3. The molecule has 3 N–H and O–H groups in total. The summed E-state index contributed by atoms with van der Waals surface area (Å²) in [5.74, 6) is -0.342. The molecule has 0 saturated heterocycles. The van der Waals surface area contributed by atoms with E-state index >= 15 is 0 Å². The van der Waals surface area contributed by atoms with Gasteiger partial charge in [0.05, 0.1) is 12.7 Å². The Balaban J connectivity index is 1.63. The summed E-state index contributed by atoms with van der Waals surface area (Å²) in [7, 11) is 0. The third kappa shape index (κ3) is 4.52. The lowest BCUT2D eigenvalue weighted by atomic mass is 10.2. The number of aromatic carboxylic acids is 1. The molecule has 1 heterocycles. The Labute approximate surface area is 116 Å². The van der Waals surface area contributed by atoms with Crippen molar-refractivity contribution in [3.8, 4) is 0 Å². The molecule has 0 aromatic carbocycles. The van der Waals surface area contributed by atoms with Crippen LogP contribution < -0.4 is 10.6 Å². The van der Waals surface area contributed by atoms with Crippen molar-refractivity contribution in [3.63, 3.8) is 0 Å². The van der Waals surface area contributed by atoms with Crippen molar-refractivity contribution in [1.29, 1.82) is 0 Å². The van der Waals surface area contributed by atoms with E-state index in [9.17, 15) is 9.59 Å². The number of hydrogen-bond acceptors (Lipinski definition) is 4. The smallest absolute Gasteiger partial charge is 0.358 e. The third-order valence-electron chi connectivity index (χ3n) is 3.15. The summed E-state index contributed by atoms with van der Waals surface area (Å²) in [6, 6.07) is -0.0378. The molecule has 0 aliphatic heterocycles. The minimum Gasteiger partial charge on any atom is -0.476 e. The van der Waals surface area contributed by atoms with Gasteiger partial charge in [0.25, 0.3) is 0 Å². The number of nitrogens with one attached hydrogen (secondary N) is 2. The molecule has 8 heteroatoms. The van der Waals surface area contributed by atoms with Crippen LogP contribution in [0.1, 0.15) is 36.7 Å². The molecule has 1 atom stereocenters. The normalized spacial score (nSPS) is 15.7. The monoisotopic (exact) mass is 281 g/mol. The number of carbonyl (C=O) groups excluding carboxylic acids is 1. The molecule has 1 fully saturated rings. The number of urea groups is 1. The lowest BCUT2D eigenvalue weighted by molar-refractivity contribution is 0.0690. The summed E-state index contributed by atoms with van der Waals surface area (Å²) in [6.07, 6.45) is 4.90. The molecule has 1 unspecified atom stereocenters. The van der Waals surface area contributed by atoms with E-state index in [1.54, 1.807) is 0 Å². The van der Waals surface area contributed by atoms with Gasteiger partial charge in [0, 0.05) is 12.6 Å². The second-order valence-electron chi connectivity index (χ2n) is 5.15. The molecule has 0 spiro atoms. The largest absolute Gasteiger partial charge is 0.476 e. The third-order valence-corrected chi connectivity index (χ3v) is 3.15. The van der Waals surface area contributed by atoms with Crippen LogP contribution in [0.25, 0.3) is 0 Å². The number of carboxylic acid groups (broad SMARTS) is 1. The highest BCUT2D eigenvalue weighted by Gasteiger charge is 2.24. The maximum absolute atomic E-state index is 11.6. The molecule has 2 amide bonds. The lowest BCUT2D eigenvalue weighted by Gasteiger charge is -2.14. The maximum Gasteiger partial charge on any atom is 0.358 e. The fourth-order valence-corrected chi connectivity index (χ4v) is 1.98. The Morgan fingerprint density at radius 3 is 2.90 bits per heavy atom. The van der Waals surface area contributed by atoms with Gasteiger partial charge >= 0.3 is 12.0 Å². The average Bonchev–Trinajstić information content (AvgIpc) is 3.04. The molecule has 1 aliphatic carbocycles. The topological polar surface area (TPSA) is 109 Å². The predicted octanol–water partition coefficient (Wildman–Crippen LogP) is 0.464. The second kappa shape index (κ2) is 6.36. The molecule has 2 rings (SSSR count). The van der Waals surface area contributed by atoms with Crippen molar-refractivity contribution in [3.05, 3.63) is 11.9 Å². The summed E-state index contributed by atoms with van der Waals surface area (Å²) in [5.41, 5.74) is -0.104. The molecule has 0 bridgehead atoms. The van der Waals surface area contributed by atoms with Crippen LogP contribution in [0.2, 0.25) is 0 Å². The Hall–Kier alpha value is -2.12. The zero-order valence-corrected chi connectivity index (χ0v) is 11.4. The Kier molecular flexibility index (Phi) is 4.54. The van der Waals surface area contributed by atoms with Gasteiger partial charge < -0.3 is 15.7 Å². The quantitative estimate of drug-likeness (QED) is 0.673. The number of nitrogens with zero attached hydrogens (tertiary/aromatic N) is 3. The van der Waals surface area contributed by atoms with Crippen molar-refractivity contribution in [2.45, 2.75) is 38.8 Å². The number of carbonyl (C=O) groups is 2. The summed E-state index contributed by atoms with van der Waals surface area (Å²) in [5, 5.41) is 21.4. The van der Waals surface area contributed by atoms with Gasteiger partial charge in [0.2, 0.25) is 0 Å². The number of aromatic nitrogens is 3. The van der Waals surface area contributed by atoms with Crippen LogP contribution >= 0.6 is 0 Å². The fourth-order valence-electron chi connectivity index (χ4n) is 1.98. The molecule has 1 aromatic rings. The van der Waals surface area contributed by atoms with Gasteiger partial charge in [-0.1, -0.05) is 18.1 Å². The highest BCUT2D eigenvalue weighted by molar-refractivity contribution is 5.84. The number of rotatable bonds is 7. The molecule has 20 heavy (non-hydrogen) atoms. The van der Waals surface area contributed by atoms with Crippen molar-refractivity contribution in [2.75, 3.05) is 6.54 Å². The van der Waals surface area contributed by atoms with Gasteiger partial charge in [-0.15, -0.1) is 5.10 Å². The lowest BCUT2D eigenvalue weighted by Crippen LogP contribution is -2.42. The Bertz CT molecular complexity index is 483. The molecule has 110 valence electrons. The van der Waals surface area contributed by atoms with E-state index in [0.29, 0.717) is 13.1 Å². The zero-order valence-electron chi connectivity index (χ0n) is 11.4. The van der Waals surface area contributed by atoms with Crippen LogP contribution in [0.5, 0.6) is 0 Å². The maximum atomic E-state index is 11.6. The van der Waals surface area contributed by atoms with Crippen LogP contribution in [0.15, 0.2) is 6.20 Å². The van der Waals surface area contributed by atoms with E-state index in [0.717, 1.165) is 12.3 Å². The molecular formula is C12H19N5O3. The van der Waals surface area contributed by atoms with Crippen LogP contribution in [0, 0.1) is 5.92 Å². The average molecular weight is 281 g/mol. The van der Waals surface area contributed by atoms with E-state index in [4.69, 9.17) is 5.11 Å². The minimum atomic E-state index is -1.11. The highest BCUT2D eigenvalue weighted by Crippen LogP contribution is 2.33. The molecular weight excluding hydrogens is 262 g/mol. The fraction of sp³-hybridized carbons (Fsp3) is 0.667. The molecule has 8 nitrogen and oxygen atoms in total. The van der Waals surface area contributed by atoms with Crippen LogP contribution in [0.4, 0.5) is 4.79 Å². The van der Waals surface area contributed by atoms with Gasteiger partial charge in [-0.05, 0) is 19.3 Å². The first-order valence-corrected chi connectivity index (χ1v) is 6.72. The first-order chi connectivity index (χ1) is 9.54. The van der Waals surface area contributed by atoms with E-state index < -0.39 is 5.97 Å². The van der Waals surface area contributed by atoms with E-state index in [1.807, 2.05) is 6.92 Å². The molecule has 1 saturated carbocycles.